The van der Waals surface area contributed by atoms with E-state index < -0.39 is 0 Å². The largest absolute Gasteiger partial charge is 0.158 e. The number of hydrogen-bond acceptors (Lipinski definition) is 1. The molecule has 0 spiro atoms. The van der Waals surface area contributed by atoms with Crippen molar-refractivity contribution in [3.05, 3.63) is 22.8 Å². The van der Waals surface area contributed by atoms with Crippen LogP contribution < -0.4 is 0 Å². The lowest BCUT2D eigenvalue weighted by molar-refractivity contribution is 0.308. The second-order valence-electron chi connectivity index (χ2n) is 6.40. The zero-order valence-corrected chi connectivity index (χ0v) is 16.3. The van der Waals surface area contributed by atoms with E-state index in [9.17, 15) is 0 Å². The van der Waals surface area contributed by atoms with E-state index in [0.717, 1.165) is 29.0 Å². The fourth-order valence-electron chi connectivity index (χ4n) is 2.20. The van der Waals surface area contributed by atoms with Crippen molar-refractivity contribution < 1.29 is 0 Å². The molecule has 0 radical (unpaired) electrons. The first-order valence-electron chi connectivity index (χ1n) is 8.59. The molecule has 0 amide bonds. The third-order valence-corrected chi connectivity index (χ3v) is 5.62. The van der Waals surface area contributed by atoms with Gasteiger partial charge in [0.05, 0.1) is 0 Å². The lowest BCUT2D eigenvalue weighted by Gasteiger charge is -2.22. The molecule has 1 saturated carbocycles. The summed E-state index contributed by atoms with van der Waals surface area (Å²) >= 11 is 7.86. The molecule has 0 saturated heterocycles. The van der Waals surface area contributed by atoms with Gasteiger partial charge in [0.2, 0.25) is 0 Å². The maximum absolute atomic E-state index is 5.88. The van der Waals surface area contributed by atoms with Crippen LogP contribution in [0.2, 0.25) is 0 Å². The lowest BCUT2D eigenvalue weighted by atomic mass is 9.84. The van der Waals surface area contributed by atoms with Crippen molar-refractivity contribution in [3.63, 3.8) is 0 Å². The average molecular weight is 331 g/mol. The zero-order chi connectivity index (χ0) is 16.1. The van der Waals surface area contributed by atoms with Gasteiger partial charge in [-0.3, -0.25) is 0 Å². The Balaban J connectivity index is 0.000000423. The molecule has 0 aromatic heterocycles. The average Bonchev–Trinajstić information content (AvgIpc) is 2.48. The predicted octanol–water partition coefficient (Wildman–Crippen LogP) is 7.44. The van der Waals surface area contributed by atoms with Crippen LogP contribution in [-0.2, 0) is 0 Å². The van der Waals surface area contributed by atoms with Crippen molar-refractivity contribution in [2.75, 3.05) is 11.5 Å². The van der Waals surface area contributed by atoms with Crippen LogP contribution in [0.4, 0.5) is 0 Å². The van der Waals surface area contributed by atoms with E-state index in [1.54, 1.807) is 0 Å². The first-order chi connectivity index (χ1) is 9.99. The van der Waals surface area contributed by atoms with Crippen LogP contribution in [0.5, 0.6) is 0 Å². The molecule has 1 fully saturated rings. The van der Waals surface area contributed by atoms with Crippen LogP contribution >= 0.6 is 23.4 Å². The highest BCUT2D eigenvalue weighted by Gasteiger charge is 2.13. The van der Waals surface area contributed by atoms with Crippen molar-refractivity contribution in [2.45, 2.75) is 73.1 Å². The van der Waals surface area contributed by atoms with Gasteiger partial charge in [0.1, 0.15) is 0 Å². The maximum atomic E-state index is 5.88. The summed E-state index contributed by atoms with van der Waals surface area (Å²) < 4.78 is 0. The SMILES string of the molecule is CC1CCC(C)CC1.CCCSC/C(C)=C/C=C(/Cl)CC. The summed E-state index contributed by atoms with van der Waals surface area (Å²) in [6.07, 6.45) is 12.2. The molecule has 124 valence electrons. The quantitative estimate of drug-likeness (QED) is 0.360. The topological polar surface area (TPSA) is 0 Å². The number of rotatable bonds is 6. The number of thioether (sulfide) groups is 1. The predicted molar refractivity (Wildman–Crippen MR) is 102 cm³/mol. The molecule has 0 nitrogen and oxygen atoms in total. The second kappa shape index (κ2) is 13.8. The van der Waals surface area contributed by atoms with Gasteiger partial charge in [-0.1, -0.05) is 76.6 Å². The molecule has 21 heavy (non-hydrogen) atoms. The third-order valence-electron chi connectivity index (χ3n) is 3.87. The van der Waals surface area contributed by atoms with Gasteiger partial charge in [-0.15, -0.1) is 0 Å². The van der Waals surface area contributed by atoms with E-state index in [1.807, 2.05) is 17.8 Å². The highest BCUT2D eigenvalue weighted by Crippen LogP contribution is 2.27. The summed E-state index contributed by atoms with van der Waals surface area (Å²) in [6, 6.07) is 0. The Morgan fingerprint density at radius 2 is 1.57 bits per heavy atom. The van der Waals surface area contributed by atoms with Gasteiger partial charge in [0.15, 0.2) is 0 Å². The fraction of sp³-hybridized carbons (Fsp3) is 0.789. The van der Waals surface area contributed by atoms with Gasteiger partial charge in [0.25, 0.3) is 0 Å². The maximum Gasteiger partial charge on any atom is 0.0178 e. The summed E-state index contributed by atoms with van der Waals surface area (Å²) in [5, 5.41) is 0.930. The molecule has 0 aromatic carbocycles. The van der Waals surface area contributed by atoms with Gasteiger partial charge >= 0.3 is 0 Å². The summed E-state index contributed by atoms with van der Waals surface area (Å²) in [4.78, 5) is 0. The van der Waals surface area contributed by atoms with Gasteiger partial charge in [-0.25, -0.2) is 0 Å². The van der Waals surface area contributed by atoms with Crippen LogP contribution in [-0.4, -0.2) is 11.5 Å². The van der Waals surface area contributed by atoms with Crippen molar-refractivity contribution in [1.29, 1.82) is 0 Å². The van der Waals surface area contributed by atoms with Crippen molar-refractivity contribution in [3.8, 4) is 0 Å². The van der Waals surface area contributed by atoms with Gasteiger partial charge in [0, 0.05) is 10.8 Å². The summed E-state index contributed by atoms with van der Waals surface area (Å²) in [5.41, 5.74) is 1.39. The Morgan fingerprint density at radius 3 is 2.00 bits per heavy atom. The van der Waals surface area contributed by atoms with Crippen LogP contribution in [0.25, 0.3) is 0 Å². The van der Waals surface area contributed by atoms with Crippen LogP contribution in [0, 0.1) is 11.8 Å². The highest BCUT2D eigenvalue weighted by atomic mass is 35.5. The minimum atomic E-state index is 0.924. The molecule has 0 aromatic rings. The smallest absolute Gasteiger partial charge is 0.0178 e. The highest BCUT2D eigenvalue weighted by molar-refractivity contribution is 7.99. The number of hydrogen-bond donors (Lipinski definition) is 0. The molecular formula is C19H35ClS. The molecule has 1 aliphatic carbocycles. The molecule has 0 bridgehead atoms. The Hall–Kier alpha value is 0.120. The summed E-state index contributed by atoms with van der Waals surface area (Å²) in [6.45, 7) is 11.2. The third kappa shape index (κ3) is 13.5. The van der Waals surface area contributed by atoms with Gasteiger partial charge < -0.3 is 0 Å². The molecule has 0 atom stereocenters. The summed E-state index contributed by atoms with van der Waals surface area (Å²) in [7, 11) is 0. The van der Waals surface area contributed by atoms with Crippen LogP contribution in [0.15, 0.2) is 22.8 Å². The normalized spacial score (nSPS) is 23.5. The van der Waals surface area contributed by atoms with Crippen molar-refractivity contribution >= 4 is 23.4 Å². The molecule has 0 aliphatic heterocycles. The minimum absolute atomic E-state index is 0.924. The van der Waals surface area contributed by atoms with E-state index in [0.29, 0.717) is 0 Å². The first-order valence-corrected chi connectivity index (χ1v) is 10.1. The fourth-order valence-corrected chi connectivity index (χ4v) is 3.12. The molecule has 0 heterocycles. The van der Waals surface area contributed by atoms with Crippen LogP contribution in [0.3, 0.4) is 0 Å². The molecule has 0 unspecified atom stereocenters. The lowest BCUT2D eigenvalue weighted by Crippen LogP contribution is -2.08. The molecule has 1 aliphatic rings. The van der Waals surface area contributed by atoms with Crippen LogP contribution in [0.1, 0.15) is 73.1 Å². The van der Waals surface area contributed by atoms with Crippen molar-refractivity contribution in [1.82, 2.24) is 0 Å². The van der Waals surface area contributed by atoms with E-state index in [4.69, 9.17) is 11.6 Å². The van der Waals surface area contributed by atoms with E-state index in [2.05, 4.69) is 40.7 Å². The zero-order valence-electron chi connectivity index (χ0n) is 14.8. The Bertz CT molecular complexity index is 289. The van der Waals surface area contributed by atoms with Crippen molar-refractivity contribution in [2.24, 2.45) is 11.8 Å². The second-order valence-corrected chi connectivity index (χ2v) is 7.99. The minimum Gasteiger partial charge on any atom is -0.158 e. The standard InChI is InChI=1S/C11H19ClS.C8H16/c1-4-8-13-9-10(3)6-7-11(12)5-2;1-7-3-5-8(2)6-4-7/h6-7H,4-5,8-9H2,1-3H3;7-8H,3-6H2,1-2H3/b10-6+,11-7+;. The summed E-state index contributed by atoms with van der Waals surface area (Å²) in [5.74, 6) is 4.41. The Labute approximate surface area is 142 Å². The molecular weight excluding hydrogens is 296 g/mol. The van der Waals surface area contributed by atoms with Gasteiger partial charge in [-0.05, 0) is 43.4 Å². The van der Waals surface area contributed by atoms with E-state index in [1.165, 1.54) is 43.4 Å². The molecule has 1 rings (SSSR count). The Morgan fingerprint density at radius 1 is 1.05 bits per heavy atom. The van der Waals surface area contributed by atoms with Gasteiger partial charge in [-0.2, -0.15) is 11.8 Å². The van der Waals surface area contributed by atoms with E-state index in [-0.39, 0.29) is 0 Å². The Kier molecular flexibility index (Phi) is 13.8. The number of halogens is 1. The van der Waals surface area contributed by atoms with E-state index >= 15 is 0 Å². The first kappa shape index (κ1) is 21.1. The number of allylic oxidation sites excluding steroid dienone is 3. The monoisotopic (exact) mass is 330 g/mol. The molecule has 2 heteroatoms. The molecule has 0 N–H and O–H groups in total.